The fourth-order valence-electron chi connectivity index (χ4n) is 2.10. The lowest BCUT2D eigenvalue weighted by atomic mass is 10.1. The van der Waals surface area contributed by atoms with Crippen LogP contribution < -0.4 is 0 Å². The molecule has 2 aromatic rings. The molecule has 0 spiro atoms. The van der Waals surface area contributed by atoms with Gasteiger partial charge >= 0.3 is 5.97 Å². The smallest absolute Gasteiger partial charge is 0.363 e. The number of nitrogens with zero attached hydrogens (tertiary/aromatic N) is 1. The van der Waals surface area contributed by atoms with Crippen molar-refractivity contribution >= 4 is 29.5 Å². The molecule has 0 radical (unpaired) electrons. The van der Waals surface area contributed by atoms with E-state index in [9.17, 15) is 9.90 Å². The lowest BCUT2D eigenvalue weighted by Crippen LogP contribution is -2.05. The van der Waals surface area contributed by atoms with Crippen LogP contribution in [0, 0.1) is 6.92 Å². The summed E-state index contributed by atoms with van der Waals surface area (Å²) in [6.07, 6.45) is 1.49. The molecule has 1 N–H and O–H groups in total. The highest BCUT2D eigenvalue weighted by Gasteiger charge is 2.25. The number of aromatic hydroxyl groups is 1. The Hall–Kier alpha value is -2.59. The van der Waals surface area contributed by atoms with E-state index in [1.54, 1.807) is 42.5 Å². The molecule has 2 aromatic carbocycles. The molecule has 0 fully saturated rings. The summed E-state index contributed by atoms with van der Waals surface area (Å²) in [4.78, 5) is 16.1. The molecule has 0 atom stereocenters. The summed E-state index contributed by atoms with van der Waals surface area (Å²) in [7, 11) is 0. The van der Waals surface area contributed by atoms with Crippen LogP contribution in [-0.2, 0) is 9.53 Å². The summed E-state index contributed by atoms with van der Waals surface area (Å²) in [5, 5.41) is 10.3. The van der Waals surface area contributed by atoms with E-state index in [4.69, 9.17) is 16.3 Å². The molecule has 0 saturated carbocycles. The van der Waals surface area contributed by atoms with Crippen molar-refractivity contribution in [1.29, 1.82) is 0 Å². The zero-order valence-corrected chi connectivity index (χ0v) is 12.5. The number of halogens is 1. The van der Waals surface area contributed by atoms with Crippen molar-refractivity contribution in [3.8, 4) is 5.75 Å². The Morgan fingerprint density at radius 3 is 2.77 bits per heavy atom. The average molecular weight is 314 g/mol. The molecule has 0 unspecified atom stereocenters. The van der Waals surface area contributed by atoms with Crippen LogP contribution in [0.4, 0.5) is 0 Å². The summed E-state index contributed by atoms with van der Waals surface area (Å²) in [5.74, 6) is -0.336. The van der Waals surface area contributed by atoms with Gasteiger partial charge in [-0.15, -0.1) is 0 Å². The molecule has 3 rings (SSSR count). The first-order valence-corrected chi connectivity index (χ1v) is 6.99. The number of phenolic OH excluding ortho intramolecular Hbond substituents is 1. The minimum absolute atomic E-state index is 0.0762. The number of esters is 1. The Labute approximate surface area is 132 Å². The third-order valence-corrected chi connectivity index (χ3v) is 3.53. The highest BCUT2D eigenvalue weighted by Crippen LogP contribution is 2.26. The molecule has 0 saturated heterocycles. The number of carbonyl (C=O) groups is 1. The van der Waals surface area contributed by atoms with Crippen LogP contribution >= 0.6 is 11.6 Å². The van der Waals surface area contributed by atoms with E-state index in [1.807, 2.05) is 6.92 Å². The highest BCUT2D eigenvalue weighted by molar-refractivity contribution is 6.34. The molecular formula is C17H12ClNO3. The maximum absolute atomic E-state index is 11.9. The number of hydrogen-bond donors (Lipinski definition) is 1. The van der Waals surface area contributed by atoms with Crippen LogP contribution in [0.5, 0.6) is 5.75 Å². The monoisotopic (exact) mass is 313 g/mol. The fourth-order valence-corrected chi connectivity index (χ4v) is 2.31. The maximum atomic E-state index is 11.9. The second kappa shape index (κ2) is 5.66. The van der Waals surface area contributed by atoms with Crippen LogP contribution in [0.25, 0.3) is 6.08 Å². The van der Waals surface area contributed by atoms with Crippen molar-refractivity contribution in [2.75, 3.05) is 0 Å². The number of ether oxygens (including phenoxy) is 1. The summed E-state index contributed by atoms with van der Waals surface area (Å²) >= 11 is 6.07. The van der Waals surface area contributed by atoms with Gasteiger partial charge in [0.05, 0.1) is 10.6 Å². The van der Waals surface area contributed by atoms with Crippen LogP contribution in [0.2, 0.25) is 5.02 Å². The molecule has 0 aliphatic carbocycles. The molecule has 0 bridgehead atoms. The maximum Gasteiger partial charge on any atom is 0.363 e. The molecule has 0 amide bonds. The van der Waals surface area contributed by atoms with Crippen molar-refractivity contribution in [2.45, 2.75) is 6.92 Å². The van der Waals surface area contributed by atoms with Crippen LogP contribution in [0.3, 0.4) is 0 Å². The molecule has 1 aliphatic heterocycles. The SMILES string of the molecule is Cc1ccc(O)c(/C=C2\N=C(c3ccccc3Cl)OC2=O)c1. The van der Waals surface area contributed by atoms with Crippen molar-refractivity contribution in [3.63, 3.8) is 0 Å². The van der Waals surface area contributed by atoms with Gasteiger partial charge in [-0.3, -0.25) is 0 Å². The van der Waals surface area contributed by atoms with Gasteiger partial charge in [-0.1, -0.05) is 35.4 Å². The summed E-state index contributed by atoms with van der Waals surface area (Å²) in [6.45, 7) is 1.90. The lowest BCUT2D eigenvalue weighted by Gasteiger charge is -2.00. The number of rotatable bonds is 2. The second-order valence-corrected chi connectivity index (χ2v) is 5.29. The number of carbonyl (C=O) groups excluding carboxylic acids is 1. The molecule has 22 heavy (non-hydrogen) atoms. The topological polar surface area (TPSA) is 58.9 Å². The van der Waals surface area contributed by atoms with Gasteiger partial charge in [-0.05, 0) is 37.3 Å². The summed E-state index contributed by atoms with van der Waals surface area (Å²) in [6, 6.07) is 12.1. The zero-order chi connectivity index (χ0) is 15.7. The number of aryl methyl sites for hydroxylation is 1. The lowest BCUT2D eigenvalue weighted by molar-refractivity contribution is -0.129. The zero-order valence-electron chi connectivity index (χ0n) is 11.7. The number of benzene rings is 2. The van der Waals surface area contributed by atoms with Gasteiger partial charge in [0.2, 0.25) is 5.90 Å². The number of aliphatic imine (C=N–C) groups is 1. The first-order chi connectivity index (χ1) is 10.5. The normalized spacial score (nSPS) is 15.8. The largest absolute Gasteiger partial charge is 0.507 e. The van der Waals surface area contributed by atoms with E-state index in [1.165, 1.54) is 6.08 Å². The van der Waals surface area contributed by atoms with E-state index in [2.05, 4.69) is 4.99 Å². The molecule has 1 aliphatic rings. The van der Waals surface area contributed by atoms with Gasteiger partial charge in [0, 0.05) is 5.56 Å². The first kappa shape index (κ1) is 14.4. The minimum Gasteiger partial charge on any atom is -0.507 e. The summed E-state index contributed by atoms with van der Waals surface area (Å²) < 4.78 is 5.16. The van der Waals surface area contributed by atoms with E-state index in [0.717, 1.165) is 5.56 Å². The van der Waals surface area contributed by atoms with Crippen molar-refractivity contribution in [1.82, 2.24) is 0 Å². The van der Waals surface area contributed by atoms with Crippen LogP contribution in [0.1, 0.15) is 16.7 Å². The number of phenols is 1. The van der Waals surface area contributed by atoms with Gasteiger partial charge in [0.25, 0.3) is 0 Å². The van der Waals surface area contributed by atoms with Crippen molar-refractivity contribution in [2.24, 2.45) is 4.99 Å². The van der Waals surface area contributed by atoms with Crippen LogP contribution in [-0.4, -0.2) is 17.0 Å². The quantitative estimate of drug-likeness (QED) is 0.679. The Bertz CT molecular complexity index is 824. The molecule has 0 aromatic heterocycles. The third-order valence-electron chi connectivity index (χ3n) is 3.20. The number of hydrogen-bond acceptors (Lipinski definition) is 4. The fraction of sp³-hybridized carbons (Fsp3) is 0.0588. The van der Waals surface area contributed by atoms with Gasteiger partial charge in [0.15, 0.2) is 5.70 Å². The predicted molar refractivity (Wildman–Crippen MR) is 84.9 cm³/mol. The van der Waals surface area contributed by atoms with E-state index in [0.29, 0.717) is 16.1 Å². The number of cyclic esters (lactones) is 1. The summed E-state index contributed by atoms with van der Waals surface area (Å²) in [5.41, 5.74) is 2.15. The van der Waals surface area contributed by atoms with Crippen molar-refractivity contribution in [3.05, 3.63) is 69.9 Å². The molecule has 1 heterocycles. The second-order valence-electron chi connectivity index (χ2n) is 4.88. The average Bonchev–Trinajstić information content (AvgIpc) is 2.84. The van der Waals surface area contributed by atoms with Gasteiger partial charge < -0.3 is 9.84 Å². The molecule has 110 valence electrons. The minimum atomic E-state index is -0.573. The molecule has 4 nitrogen and oxygen atoms in total. The van der Waals surface area contributed by atoms with Crippen molar-refractivity contribution < 1.29 is 14.6 Å². The third kappa shape index (κ3) is 2.73. The Balaban J connectivity index is 2.02. The Morgan fingerprint density at radius 1 is 1.23 bits per heavy atom. The van der Waals surface area contributed by atoms with Gasteiger partial charge in [0.1, 0.15) is 5.75 Å². The predicted octanol–water partition coefficient (Wildman–Crippen LogP) is 3.70. The van der Waals surface area contributed by atoms with Crippen LogP contribution in [0.15, 0.2) is 53.2 Å². The van der Waals surface area contributed by atoms with E-state index in [-0.39, 0.29) is 17.3 Å². The van der Waals surface area contributed by atoms with E-state index < -0.39 is 5.97 Å². The molecule has 5 heteroatoms. The first-order valence-electron chi connectivity index (χ1n) is 6.61. The Morgan fingerprint density at radius 2 is 2.00 bits per heavy atom. The highest BCUT2D eigenvalue weighted by atomic mass is 35.5. The molecular weight excluding hydrogens is 302 g/mol. The van der Waals surface area contributed by atoms with Gasteiger partial charge in [-0.2, -0.15) is 0 Å². The van der Waals surface area contributed by atoms with E-state index >= 15 is 0 Å². The van der Waals surface area contributed by atoms with Gasteiger partial charge in [-0.25, -0.2) is 9.79 Å². The Kier molecular flexibility index (Phi) is 3.69. The standard InChI is InChI=1S/C17H12ClNO3/c1-10-6-7-15(20)11(8-10)9-14-17(21)22-16(19-14)12-4-2-3-5-13(12)18/h2-9,20H,1H3/b14-9-.